The zero-order chi connectivity index (χ0) is 20.9. The van der Waals surface area contributed by atoms with Crippen LogP contribution in [0.15, 0.2) is 67.3 Å². The Hall–Kier alpha value is -3.06. The highest BCUT2D eigenvalue weighted by Crippen LogP contribution is 2.23. The first kappa shape index (κ1) is 20.2. The van der Waals surface area contributed by atoms with Crippen LogP contribution in [0.25, 0.3) is 0 Å². The summed E-state index contributed by atoms with van der Waals surface area (Å²) in [7, 11) is 0. The monoisotopic (exact) mass is 428 g/mol. The van der Waals surface area contributed by atoms with E-state index in [1.165, 1.54) is 12.1 Å². The summed E-state index contributed by atoms with van der Waals surface area (Å²) in [5.41, 5.74) is 1.81. The number of carbonyl (C=O) groups excluding carboxylic acids is 1. The van der Waals surface area contributed by atoms with Gasteiger partial charge < -0.3 is 19.1 Å². The summed E-state index contributed by atoms with van der Waals surface area (Å²) in [5.74, 6) is -0.329. The number of carbonyl (C=O) groups is 1. The number of rotatable bonds is 5. The van der Waals surface area contributed by atoms with Crippen LogP contribution in [0.1, 0.15) is 11.7 Å². The van der Waals surface area contributed by atoms with Crippen molar-refractivity contribution in [1.82, 2.24) is 14.5 Å². The average molecular weight is 429 g/mol. The Morgan fingerprint density at radius 1 is 1.07 bits per heavy atom. The van der Waals surface area contributed by atoms with Crippen molar-refractivity contribution in [3.63, 3.8) is 0 Å². The molecule has 1 aliphatic rings. The molecule has 6 nitrogen and oxygen atoms in total. The molecule has 1 aromatic heterocycles. The van der Waals surface area contributed by atoms with E-state index in [4.69, 9.17) is 16.3 Å². The van der Waals surface area contributed by atoms with Crippen molar-refractivity contribution in [1.29, 1.82) is 0 Å². The molecule has 0 aliphatic carbocycles. The standard InChI is InChI=1S/C22H22ClFN4O2/c23-18-3-7-20(8-4-18)27-11-13-28(14-12-27)22(29)30-21(15-26-10-9-25-16-26)17-1-5-19(24)6-2-17/h1-10,16,21H,11-15H2/t21-/m1/s1. The lowest BCUT2D eigenvalue weighted by Crippen LogP contribution is -2.49. The van der Waals surface area contributed by atoms with Gasteiger partial charge in [-0.1, -0.05) is 23.7 Å². The second kappa shape index (κ2) is 9.17. The second-order valence-corrected chi connectivity index (χ2v) is 7.57. The number of benzene rings is 2. The molecule has 1 aliphatic heterocycles. The lowest BCUT2D eigenvalue weighted by atomic mass is 10.1. The summed E-state index contributed by atoms with van der Waals surface area (Å²) < 4.78 is 21.0. The Balaban J connectivity index is 1.40. The normalized spacial score (nSPS) is 15.1. The van der Waals surface area contributed by atoms with Crippen molar-refractivity contribution in [2.75, 3.05) is 31.1 Å². The van der Waals surface area contributed by atoms with E-state index < -0.39 is 6.10 Å². The number of imidazole rings is 1. The fourth-order valence-electron chi connectivity index (χ4n) is 3.47. The molecule has 0 spiro atoms. The fourth-order valence-corrected chi connectivity index (χ4v) is 3.60. The van der Waals surface area contributed by atoms with Crippen LogP contribution in [-0.2, 0) is 11.3 Å². The number of nitrogens with zero attached hydrogens (tertiary/aromatic N) is 4. The van der Waals surface area contributed by atoms with Gasteiger partial charge in [0.05, 0.1) is 12.9 Å². The quantitative estimate of drug-likeness (QED) is 0.605. The van der Waals surface area contributed by atoms with E-state index in [1.807, 2.05) is 28.8 Å². The molecule has 0 saturated carbocycles. The molecule has 8 heteroatoms. The van der Waals surface area contributed by atoms with Gasteiger partial charge in [-0.05, 0) is 42.0 Å². The zero-order valence-electron chi connectivity index (χ0n) is 16.3. The summed E-state index contributed by atoms with van der Waals surface area (Å²) in [6.07, 6.45) is 4.21. The minimum atomic E-state index is -0.540. The maximum Gasteiger partial charge on any atom is 0.410 e. The van der Waals surface area contributed by atoms with Crippen LogP contribution in [0.5, 0.6) is 0 Å². The molecule has 1 saturated heterocycles. The van der Waals surface area contributed by atoms with Gasteiger partial charge in [0.25, 0.3) is 0 Å². The van der Waals surface area contributed by atoms with E-state index in [0.29, 0.717) is 37.7 Å². The van der Waals surface area contributed by atoms with Crippen LogP contribution in [0, 0.1) is 5.82 Å². The van der Waals surface area contributed by atoms with E-state index in [0.717, 1.165) is 11.3 Å². The molecule has 0 radical (unpaired) electrons. The van der Waals surface area contributed by atoms with E-state index in [9.17, 15) is 9.18 Å². The minimum absolute atomic E-state index is 0.329. The highest BCUT2D eigenvalue weighted by Gasteiger charge is 2.26. The Morgan fingerprint density at radius 2 is 1.77 bits per heavy atom. The van der Waals surface area contributed by atoms with E-state index in [1.54, 1.807) is 35.8 Å². The fraction of sp³-hybridized carbons (Fsp3) is 0.273. The molecule has 2 aromatic carbocycles. The Morgan fingerprint density at radius 3 is 2.40 bits per heavy atom. The molecular formula is C22H22ClFN4O2. The second-order valence-electron chi connectivity index (χ2n) is 7.13. The highest BCUT2D eigenvalue weighted by atomic mass is 35.5. The molecule has 156 valence electrons. The van der Waals surface area contributed by atoms with Crippen molar-refractivity contribution in [3.05, 3.63) is 83.7 Å². The molecular weight excluding hydrogens is 407 g/mol. The molecule has 1 atom stereocenters. The number of anilines is 1. The number of piperazine rings is 1. The number of hydrogen-bond donors (Lipinski definition) is 0. The lowest BCUT2D eigenvalue weighted by Gasteiger charge is -2.36. The summed E-state index contributed by atoms with van der Waals surface area (Å²) in [6.45, 7) is 2.94. The lowest BCUT2D eigenvalue weighted by molar-refractivity contribution is 0.0529. The van der Waals surface area contributed by atoms with Crippen LogP contribution in [0.2, 0.25) is 5.02 Å². The third-order valence-corrected chi connectivity index (χ3v) is 5.40. The van der Waals surface area contributed by atoms with Crippen molar-refractivity contribution >= 4 is 23.4 Å². The van der Waals surface area contributed by atoms with Crippen LogP contribution >= 0.6 is 11.6 Å². The van der Waals surface area contributed by atoms with Gasteiger partial charge in [0.1, 0.15) is 11.9 Å². The molecule has 0 unspecified atom stereocenters. The third-order valence-electron chi connectivity index (χ3n) is 5.15. The third kappa shape index (κ3) is 4.91. The molecule has 3 aromatic rings. The highest BCUT2D eigenvalue weighted by molar-refractivity contribution is 6.30. The Labute approximate surface area is 179 Å². The predicted molar refractivity (Wildman–Crippen MR) is 113 cm³/mol. The number of amides is 1. The van der Waals surface area contributed by atoms with Gasteiger partial charge in [-0.2, -0.15) is 0 Å². The van der Waals surface area contributed by atoms with Gasteiger partial charge in [0, 0.05) is 49.3 Å². The van der Waals surface area contributed by atoms with Crippen LogP contribution < -0.4 is 4.90 Å². The molecule has 30 heavy (non-hydrogen) atoms. The van der Waals surface area contributed by atoms with E-state index in [-0.39, 0.29) is 11.9 Å². The summed E-state index contributed by atoms with van der Waals surface area (Å²) in [6, 6.07) is 13.7. The molecule has 0 N–H and O–H groups in total. The van der Waals surface area contributed by atoms with E-state index in [2.05, 4.69) is 9.88 Å². The smallest absolute Gasteiger partial charge is 0.410 e. The van der Waals surface area contributed by atoms with Gasteiger partial charge in [-0.25, -0.2) is 14.2 Å². The topological polar surface area (TPSA) is 50.6 Å². The number of halogens is 2. The first-order chi connectivity index (χ1) is 14.6. The molecule has 1 fully saturated rings. The predicted octanol–water partition coefficient (Wildman–Crippen LogP) is 4.38. The zero-order valence-corrected chi connectivity index (χ0v) is 17.1. The van der Waals surface area contributed by atoms with Crippen LogP contribution in [-0.4, -0.2) is 46.7 Å². The van der Waals surface area contributed by atoms with Crippen LogP contribution in [0.4, 0.5) is 14.9 Å². The van der Waals surface area contributed by atoms with Gasteiger partial charge in [-0.15, -0.1) is 0 Å². The summed E-state index contributed by atoms with van der Waals surface area (Å²) in [5, 5.41) is 0.700. The van der Waals surface area contributed by atoms with Crippen molar-refractivity contribution in [2.24, 2.45) is 0 Å². The first-order valence-electron chi connectivity index (χ1n) is 9.76. The molecule has 0 bridgehead atoms. The number of ether oxygens (including phenoxy) is 1. The van der Waals surface area contributed by atoms with E-state index >= 15 is 0 Å². The molecule has 2 heterocycles. The Kier molecular flexibility index (Phi) is 6.18. The largest absolute Gasteiger partial charge is 0.439 e. The minimum Gasteiger partial charge on any atom is -0.439 e. The number of aromatic nitrogens is 2. The van der Waals surface area contributed by atoms with Crippen molar-refractivity contribution < 1.29 is 13.9 Å². The van der Waals surface area contributed by atoms with Gasteiger partial charge in [0.2, 0.25) is 0 Å². The summed E-state index contributed by atoms with van der Waals surface area (Å²) in [4.78, 5) is 20.8. The van der Waals surface area contributed by atoms with Crippen LogP contribution in [0.3, 0.4) is 0 Å². The number of hydrogen-bond acceptors (Lipinski definition) is 4. The first-order valence-corrected chi connectivity index (χ1v) is 10.1. The summed E-state index contributed by atoms with van der Waals surface area (Å²) >= 11 is 5.96. The molecule has 1 amide bonds. The van der Waals surface area contributed by atoms with Crippen molar-refractivity contribution in [3.8, 4) is 0 Å². The van der Waals surface area contributed by atoms with Crippen molar-refractivity contribution in [2.45, 2.75) is 12.6 Å². The van der Waals surface area contributed by atoms with Gasteiger partial charge >= 0.3 is 6.09 Å². The van der Waals surface area contributed by atoms with Gasteiger partial charge in [0.15, 0.2) is 0 Å². The van der Waals surface area contributed by atoms with Gasteiger partial charge in [-0.3, -0.25) is 0 Å². The molecule has 4 rings (SSSR count). The Bertz CT molecular complexity index is 956. The maximum absolute atomic E-state index is 13.3. The maximum atomic E-state index is 13.3. The average Bonchev–Trinajstić information content (AvgIpc) is 3.28. The SMILES string of the molecule is O=C(O[C@H](Cn1ccnc1)c1ccc(F)cc1)N1CCN(c2ccc(Cl)cc2)CC1.